The molecule has 5 nitrogen and oxygen atoms in total. The molecule has 3 rings (SSSR count). The van der Waals surface area contributed by atoms with E-state index in [0.717, 1.165) is 10.8 Å². The third-order valence-corrected chi connectivity index (χ3v) is 4.35. The van der Waals surface area contributed by atoms with Gasteiger partial charge in [-0.05, 0) is 30.0 Å². The van der Waals surface area contributed by atoms with Crippen LogP contribution in [-0.2, 0) is 4.79 Å². The second-order valence-electron chi connectivity index (χ2n) is 6.05. The summed E-state index contributed by atoms with van der Waals surface area (Å²) in [6.45, 7) is 1.91. The van der Waals surface area contributed by atoms with E-state index in [2.05, 4.69) is 5.32 Å². The van der Waals surface area contributed by atoms with Gasteiger partial charge in [0.15, 0.2) is 6.10 Å². The highest BCUT2D eigenvalue weighted by Gasteiger charge is 2.21. The first kappa shape index (κ1) is 18.6. The lowest BCUT2D eigenvalue weighted by atomic mass is 10.1. The number of fused-ring (bicyclic) bond motifs is 1. The lowest BCUT2D eigenvalue weighted by molar-refractivity contribution is -0.122. The van der Waals surface area contributed by atoms with Crippen molar-refractivity contribution in [3.8, 4) is 17.2 Å². The van der Waals surface area contributed by atoms with Crippen molar-refractivity contribution in [3.05, 3.63) is 60.7 Å². The molecule has 0 bridgehead atoms. The molecule has 1 unspecified atom stereocenters. The third-order valence-electron chi connectivity index (χ3n) is 4.35. The molecule has 1 amide bonds. The maximum Gasteiger partial charge on any atom is 0.265 e. The van der Waals surface area contributed by atoms with Crippen LogP contribution >= 0.6 is 0 Å². The number of hydrogen-bond acceptors (Lipinski definition) is 4. The van der Waals surface area contributed by atoms with Gasteiger partial charge in [-0.15, -0.1) is 0 Å². The van der Waals surface area contributed by atoms with Gasteiger partial charge in [0, 0.05) is 11.5 Å². The van der Waals surface area contributed by atoms with Crippen LogP contribution in [0.2, 0.25) is 0 Å². The summed E-state index contributed by atoms with van der Waals surface area (Å²) >= 11 is 0. The van der Waals surface area contributed by atoms with E-state index < -0.39 is 6.10 Å². The largest absolute Gasteiger partial charge is 0.497 e. The summed E-state index contributed by atoms with van der Waals surface area (Å²) in [5.41, 5.74) is 0.543. The van der Waals surface area contributed by atoms with Crippen LogP contribution in [0, 0.1) is 0 Å². The molecular weight excluding hydrogens is 342 g/mol. The number of ether oxygens (including phenoxy) is 3. The van der Waals surface area contributed by atoms with Crippen molar-refractivity contribution in [1.82, 2.24) is 0 Å². The molecule has 27 heavy (non-hydrogen) atoms. The van der Waals surface area contributed by atoms with Crippen LogP contribution in [0.4, 0.5) is 5.69 Å². The smallest absolute Gasteiger partial charge is 0.265 e. The Bertz CT molecular complexity index is 933. The van der Waals surface area contributed by atoms with Crippen LogP contribution in [0.1, 0.15) is 13.3 Å². The predicted molar refractivity (Wildman–Crippen MR) is 107 cm³/mol. The Kier molecular flexibility index (Phi) is 5.81. The second kappa shape index (κ2) is 8.45. The molecule has 0 heterocycles. The van der Waals surface area contributed by atoms with Crippen molar-refractivity contribution < 1.29 is 19.0 Å². The molecule has 0 fully saturated rings. The highest BCUT2D eigenvalue weighted by atomic mass is 16.5. The summed E-state index contributed by atoms with van der Waals surface area (Å²) < 4.78 is 16.6. The lowest BCUT2D eigenvalue weighted by Crippen LogP contribution is -2.32. The normalized spacial score (nSPS) is 11.7. The Labute approximate surface area is 158 Å². The van der Waals surface area contributed by atoms with Gasteiger partial charge >= 0.3 is 0 Å². The zero-order valence-corrected chi connectivity index (χ0v) is 15.7. The molecule has 0 aliphatic heterocycles. The predicted octanol–water partition coefficient (Wildman–Crippen LogP) is 4.65. The lowest BCUT2D eigenvalue weighted by Gasteiger charge is -2.19. The summed E-state index contributed by atoms with van der Waals surface area (Å²) in [4.78, 5) is 12.8. The summed E-state index contributed by atoms with van der Waals surface area (Å²) in [5.74, 6) is 1.64. The van der Waals surface area contributed by atoms with Gasteiger partial charge in [-0.3, -0.25) is 4.79 Å². The van der Waals surface area contributed by atoms with Gasteiger partial charge in [0.05, 0.1) is 19.9 Å². The number of nitrogens with one attached hydrogen (secondary N) is 1. The van der Waals surface area contributed by atoms with Crippen molar-refractivity contribution in [1.29, 1.82) is 0 Å². The van der Waals surface area contributed by atoms with Gasteiger partial charge in [-0.1, -0.05) is 43.3 Å². The zero-order chi connectivity index (χ0) is 19.2. The first-order chi connectivity index (χ1) is 13.2. The van der Waals surface area contributed by atoms with Gasteiger partial charge in [0.2, 0.25) is 0 Å². The number of methoxy groups -OCH3 is 2. The van der Waals surface area contributed by atoms with E-state index in [1.54, 1.807) is 32.4 Å². The molecule has 1 N–H and O–H groups in total. The first-order valence-corrected chi connectivity index (χ1v) is 8.83. The Balaban J connectivity index is 1.82. The van der Waals surface area contributed by atoms with Crippen LogP contribution in [-0.4, -0.2) is 26.2 Å². The molecule has 0 aliphatic rings. The number of rotatable bonds is 7. The van der Waals surface area contributed by atoms with E-state index in [-0.39, 0.29) is 5.91 Å². The van der Waals surface area contributed by atoms with E-state index in [1.165, 1.54) is 0 Å². The van der Waals surface area contributed by atoms with Crippen LogP contribution < -0.4 is 19.5 Å². The van der Waals surface area contributed by atoms with Crippen molar-refractivity contribution in [2.45, 2.75) is 19.4 Å². The summed E-state index contributed by atoms with van der Waals surface area (Å²) in [7, 11) is 3.13. The van der Waals surface area contributed by atoms with E-state index in [1.807, 2.05) is 49.4 Å². The minimum atomic E-state index is -0.633. The molecule has 0 spiro atoms. The SMILES string of the molecule is CCC(Oc1cccc2ccccc12)C(=O)Nc1cc(OC)ccc1OC. The number of benzene rings is 3. The highest BCUT2D eigenvalue weighted by Crippen LogP contribution is 2.30. The molecule has 1 atom stereocenters. The summed E-state index contributed by atoms with van der Waals surface area (Å²) in [5, 5.41) is 4.93. The molecule has 0 saturated heterocycles. The molecule has 3 aromatic carbocycles. The summed E-state index contributed by atoms with van der Waals surface area (Å²) in [6, 6.07) is 19.0. The van der Waals surface area contributed by atoms with Gasteiger partial charge in [0.25, 0.3) is 5.91 Å². The quantitative estimate of drug-likeness (QED) is 0.662. The minimum absolute atomic E-state index is 0.239. The number of carbonyl (C=O) groups excluding carboxylic acids is 1. The van der Waals surface area contributed by atoms with Crippen LogP contribution in [0.25, 0.3) is 10.8 Å². The number of carbonyl (C=O) groups is 1. The van der Waals surface area contributed by atoms with Gasteiger partial charge < -0.3 is 19.5 Å². The monoisotopic (exact) mass is 365 g/mol. The number of amides is 1. The topological polar surface area (TPSA) is 56.8 Å². The highest BCUT2D eigenvalue weighted by molar-refractivity contribution is 5.96. The number of anilines is 1. The molecule has 0 radical (unpaired) electrons. The van der Waals surface area contributed by atoms with E-state index in [0.29, 0.717) is 29.4 Å². The van der Waals surface area contributed by atoms with Crippen molar-refractivity contribution >= 4 is 22.4 Å². The molecule has 3 aromatic rings. The van der Waals surface area contributed by atoms with Crippen LogP contribution in [0.15, 0.2) is 60.7 Å². The fourth-order valence-corrected chi connectivity index (χ4v) is 2.90. The minimum Gasteiger partial charge on any atom is -0.497 e. The van der Waals surface area contributed by atoms with Crippen molar-refractivity contribution in [2.24, 2.45) is 0 Å². The molecule has 0 aliphatic carbocycles. The molecule has 0 saturated carbocycles. The molecular formula is C22H23NO4. The van der Waals surface area contributed by atoms with Crippen molar-refractivity contribution in [3.63, 3.8) is 0 Å². The maximum absolute atomic E-state index is 12.8. The van der Waals surface area contributed by atoms with Gasteiger partial charge in [0.1, 0.15) is 17.2 Å². The maximum atomic E-state index is 12.8. The second-order valence-corrected chi connectivity index (χ2v) is 6.05. The Morgan fingerprint density at radius 1 is 0.963 bits per heavy atom. The van der Waals surface area contributed by atoms with Gasteiger partial charge in [-0.2, -0.15) is 0 Å². The fourth-order valence-electron chi connectivity index (χ4n) is 2.90. The zero-order valence-electron chi connectivity index (χ0n) is 15.7. The molecule has 140 valence electrons. The third kappa shape index (κ3) is 4.14. The Morgan fingerprint density at radius 3 is 2.48 bits per heavy atom. The number of hydrogen-bond donors (Lipinski definition) is 1. The Hall–Kier alpha value is -3.21. The summed E-state index contributed by atoms with van der Waals surface area (Å²) in [6.07, 6.45) is -0.104. The Morgan fingerprint density at radius 2 is 1.74 bits per heavy atom. The fraction of sp³-hybridized carbons (Fsp3) is 0.227. The van der Waals surface area contributed by atoms with Crippen LogP contribution in [0.5, 0.6) is 17.2 Å². The average Bonchev–Trinajstić information content (AvgIpc) is 2.71. The standard InChI is InChI=1S/C22H23NO4/c1-4-19(27-20-11-7-9-15-8-5-6-10-17(15)20)22(24)23-18-14-16(25-2)12-13-21(18)26-3/h5-14,19H,4H2,1-3H3,(H,23,24). The van der Waals surface area contributed by atoms with Gasteiger partial charge in [-0.25, -0.2) is 0 Å². The average molecular weight is 365 g/mol. The van der Waals surface area contributed by atoms with Crippen molar-refractivity contribution in [2.75, 3.05) is 19.5 Å². The molecule has 0 aromatic heterocycles. The first-order valence-electron chi connectivity index (χ1n) is 8.83. The van der Waals surface area contributed by atoms with E-state index in [4.69, 9.17) is 14.2 Å². The van der Waals surface area contributed by atoms with Crippen LogP contribution in [0.3, 0.4) is 0 Å². The van der Waals surface area contributed by atoms with E-state index in [9.17, 15) is 4.79 Å². The van der Waals surface area contributed by atoms with E-state index >= 15 is 0 Å². The molecule has 5 heteroatoms.